The highest BCUT2D eigenvalue weighted by atomic mass is 16.6. The van der Waals surface area contributed by atoms with Crippen LogP contribution in [0.15, 0.2) is 60.7 Å². The summed E-state index contributed by atoms with van der Waals surface area (Å²) >= 11 is 0. The van der Waals surface area contributed by atoms with Crippen LogP contribution in [0.5, 0.6) is 0 Å². The number of unbranched alkanes of at least 4 members (excludes halogenated alkanes) is 2. The quantitative estimate of drug-likeness (QED) is 0.159. The molecule has 0 fully saturated rings. The van der Waals surface area contributed by atoms with Gasteiger partial charge in [0.2, 0.25) is 0 Å². The normalized spacial score (nSPS) is 11.0. The molecular weight excluding hydrogens is 494 g/mol. The van der Waals surface area contributed by atoms with Crippen molar-refractivity contribution in [1.82, 2.24) is 0 Å². The van der Waals surface area contributed by atoms with Crippen LogP contribution < -0.4 is 27.4 Å². The maximum atomic E-state index is 13.0. The summed E-state index contributed by atoms with van der Waals surface area (Å²) < 4.78 is 5.38. The third-order valence-electron chi connectivity index (χ3n) is 5.77. The smallest absolute Gasteiger partial charge is 0.412 e. The molecule has 0 atom stereocenters. The number of hydrogen-bond acceptors (Lipinski definition) is 6. The first-order valence-electron chi connectivity index (χ1n) is 13.0. The molecule has 0 radical (unpaired) electrons. The molecule has 9 nitrogen and oxygen atoms in total. The number of ether oxygens (including phenoxy) is 1. The van der Waals surface area contributed by atoms with Crippen LogP contribution in [0.2, 0.25) is 0 Å². The SMILES string of the molecule is CCCCCc1ccc(C(=O)Nc2ccc(NC(=O)c3ccc(N)cc3N)cc2NC(=O)OC(C)(C)C)cc1. The minimum atomic E-state index is -0.731. The molecule has 0 saturated carbocycles. The molecular formula is C30H37N5O4. The molecule has 3 rings (SSSR count). The number of carbonyl (C=O) groups excluding carboxylic acids is 3. The van der Waals surface area contributed by atoms with Gasteiger partial charge in [-0.2, -0.15) is 0 Å². The molecule has 0 bridgehead atoms. The van der Waals surface area contributed by atoms with Crippen molar-refractivity contribution in [2.45, 2.75) is 59.0 Å². The van der Waals surface area contributed by atoms with Gasteiger partial charge in [-0.3, -0.25) is 14.9 Å². The van der Waals surface area contributed by atoms with Gasteiger partial charge >= 0.3 is 6.09 Å². The van der Waals surface area contributed by atoms with Crippen molar-refractivity contribution < 1.29 is 19.1 Å². The van der Waals surface area contributed by atoms with Gasteiger partial charge in [0, 0.05) is 22.6 Å². The van der Waals surface area contributed by atoms with Gasteiger partial charge in [0.1, 0.15) is 5.60 Å². The fraction of sp³-hybridized carbons (Fsp3) is 0.300. The molecule has 39 heavy (non-hydrogen) atoms. The summed E-state index contributed by atoms with van der Waals surface area (Å²) in [6, 6.07) is 16.8. The van der Waals surface area contributed by atoms with Crippen LogP contribution in [0, 0.1) is 0 Å². The van der Waals surface area contributed by atoms with Crippen molar-refractivity contribution in [1.29, 1.82) is 0 Å². The van der Waals surface area contributed by atoms with Gasteiger partial charge in [-0.1, -0.05) is 31.9 Å². The molecule has 0 spiro atoms. The van der Waals surface area contributed by atoms with Gasteiger partial charge in [-0.15, -0.1) is 0 Å². The first kappa shape index (κ1) is 29.0. The third kappa shape index (κ3) is 8.77. The van der Waals surface area contributed by atoms with E-state index in [-0.39, 0.29) is 22.8 Å². The minimum absolute atomic E-state index is 0.236. The Morgan fingerprint density at radius 3 is 2.15 bits per heavy atom. The van der Waals surface area contributed by atoms with E-state index < -0.39 is 17.6 Å². The van der Waals surface area contributed by atoms with Gasteiger partial charge < -0.3 is 26.8 Å². The van der Waals surface area contributed by atoms with E-state index in [1.165, 1.54) is 30.2 Å². The summed E-state index contributed by atoms with van der Waals surface area (Å²) in [6.07, 6.45) is 3.68. The first-order chi connectivity index (χ1) is 18.4. The molecule has 0 heterocycles. The van der Waals surface area contributed by atoms with Crippen LogP contribution in [-0.2, 0) is 11.2 Å². The zero-order valence-corrected chi connectivity index (χ0v) is 22.9. The Kier molecular flexibility index (Phi) is 9.54. The predicted molar refractivity (Wildman–Crippen MR) is 157 cm³/mol. The highest BCUT2D eigenvalue weighted by molar-refractivity contribution is 6.10. The Bertz CT molecular complexity index is 1330. The van der Waals surface area contributed by atoms with Crippen molar-refractivity contribution in [2.75, 3.05) is 27.4 Å². The van der Waals surface area contributed by atoms with E-state index in [1.54, 1.807) is 51.1 Å². The van der Waals surface area contributed by atoms with Crippen LogP contribution in [0.1, 0.15) is 73.2 Å². The molecule has 3 aromatic rings. The number of nitrogen functional groups attached to an aromatic ring is 2. The lowest BCUT2D eigenvalue weighted by molar-refractivity contribution is 0.0635. The van der Waals surface area contributed by atoms with Gasteiger partial charge in [0.25, 0.3) is 11.8 Å². The number of anilines is 5. The molecule has 0 aliphatic rings. The average molecular weight is 532 g/mol. The average Bonchev–Trinajstić information content (AvgIpc) is 2.85. The lowest BCUT2D eigenvalue weighted by Crippen LogP contribution is -2.27. The molecule has 206 valence electrons. The third-order valence-corrected chi connectivity index (χ3v) is 5.77. The van der Waals surface area contributed by atoms with E-state index in [4.69, 9.17) is 16.2 Å². The van der Waals surface area contributed by atoms with E-state index >= 15 is 0 Å². The Morgan fingerprint density at radius 1 is 0.795 bits per heavy atom. The monoisotopic (exact) mass is 531 g/mol. The number of nitrogens with two attached hydrogens (primary N) is 2. The summed E-state index contributed by atoms with van der Waals surface area (Å²) in [5, 5.41) is 8.26. The number of aryl methyl sites for hydroxylation is 1. The number of carbonyl (C=O) groups is 3. The lowest BCUT2D eigenvalue weighted by atomic mass is 10.0. The van der Waals surface area contributed by atoms with Gasteiger partial charge in [0.15, 0.2) is 0 Å². The van der Waals surface area contributed by atoms with Crippen LogP contribution in [0.3, 0.4) is 0 Å². The largest absolute Gasteiger partial charge is 0.444 e. The Balaban J connectivity index is 1.81. The summed E-state index contributed by atoms with van der Waals surface area (Å²) in [5.74, 6) is -0.791. The van der Waals surface area contributed by atoms with Crippen molar-refractivity contribution in [3.8, 4) is 0 Å². The first-order valence-corrected chi connectivity index (χ1v) is 13.0. The number of amides is 3. The lowest BCUT2D eigenvalue weighted by Gasteiger charge is -2.21. The molecule has 0 aliphatic carbocycles. The van der Waals surface area contributed by atoms with Gasteiger partial charge in [-0.05, 0) is 87.7 Å². The molecule has 7 N–H and O–H groups in total. The van der Waals surface area contributed by atoms with Gasteiger partial charge in [0.05, 0.1) is 16.9 Å². The fourth-order valence-electron chi connectivity index (χ4n) is 3.83. The van der Waals surface area contributed by atoms with E-state index in [0.717, 1.165) is 19.3 Å². The number of nitrogens with one attached hydrogen (secondary N) is 3. The topological polar surface area (TPSA) is 149 Å². The number of rotatable bonds is 9. The molecule has 0 aromatic heterocycles. The van der Waals surface area contributed by atoms with Crippen LogP contribution in [-0.4, -0.2) is 23.5 Å². The zero-order chi connectivity index (χ0) is 28.6. The van der Waals surface area contributed by atoms with E-state index in [0.29, 0.717) is 22.6 Å². The Labute approximate surface area is 229 Å². The second-order valence-electron chi connectivity index (χ2n) is 10.3. The molecule has 0 unspecified atom stereocenters. The summed E-state index contributed by atoms with van der Waals surface area (Å²) in [4.78, 5) is 38.4. The second kappa shape index (κ2) is 12.8. The maximum Gasteiger partial charge on any atom is 0.412 e. The fourth-order valence-corrected chi connectivity index (χ4v) is 3.83. The molecule has 0 saturated heterocycles. The van der Waals surface area contributed by atoms with Crippen LogP contribution in [0.25, 0.3) is 0 Å². The van der Waals surface area contributed by atoms with E-state index in [2.05, 4.69) is 22.9 Å². The van der Waals surface area contributed by atoms with Crippen molar-refractivity contribution in [3.05, 3.63) is 77.4 Å². The highest BCUT2D eigenvalue weighted by Gasteiger charge is 2.19. The number of benzene rings is 3. The highest BCUT2D eigenvalue weighted by Crippen LogP contribution is 2.28. The van der Waals surface area contributed by atoms with Crippen LogP contribution >= 0.6 is 0 Å². The summed E-state index contributed by atoms with van der Waals surface area (Å²) in [5.41, 5.74) is 14.5. The molecule has 3 aromatic carbocycles. The minimum Gasteiger partial charge on any atom is -0.444 e. The van der Waals surface area contributed by atoms with E-state index in [9.17, 15) is 14.4 Å². The summed E-state index contributed by atoms with van der Waals surface area (Å²) in [7, 11) is 0. The van der Waals surface area contributed by atoms with Crippen molar-refractivity contribution in [3.63, 3.8) is 0 Å². The van der Waals surface area contributed by atoms with Crippen molar-refractivity contribution >= 4 is 46.3 Å². The standard InChI is InChI=1S/C30H37N5O4/c1-5-6-7-8-19-9-11-20(12-10-19)27(36)34-25-16-14-22(18-26(25)35-29(38)39-30(2,3)4)33-28(37)23-15-13-21(31)17-24(23)32/h9-18H,5-8,31-32H2,1-4H3,(H,33,37)(H,34,36)(H,35,38). The predicted octanol–water partition coefficient (Wildman–Crippen LogP) is 6.44. The Hall–Kier alpha value is -4.53. The van der Waals surface area contributed by atoms with E-state index in [1.807, 2.05) is 12.1 Å². The Morgan fingerprint density at radius 2 is 1.51 bits per heavy atom. The molecule has 0 aliphatic heterocycles. The van der Waals surface area contributed by atoms with Crippen LogP contribution in [0.4, 0.5) is 33.2 Å². The van der Waals surface area contributed by atoms with Gasteiger partial charge in [-0.25, -0.2) is 4.79 Å². The summed E-state index contributed by atoms with van der Waals surface area (Å²) in [6.45, 7) is 7.40. The maximum absolute atomic E-state index is 13.0. The zero-order valence-electron chi connectivity index (χ0n) is 22.9. The molecule has 3 amide bonds. The second-order valence-corrected chi connectivity index (χ2v) is 10.3. The molecule has 9 heteroatoms. The number of hydrogen-bond donors (Lipinski definition) is 5. The van der Waals surface area contributed by atoms with Crippen molar-refractivity contribution in [2.24, 2.45) is 0 Å².